The van der Waals surface area contributed by atoms with Crippen LogP contribution in [0.3, 0.4) is 0 Å². The smallest absolute Gasteiger partial charge is 0.330 e. The standard InChI is InChI=1S/C18H15N3O3/c22-17(20-16(18(23)24)13-6-2-1-3-7-13)14-8-4-9-15(12-14)21-11-5-10-19-21/h1-12,16H,(H,20,22)(H,23,24)/t16-/m0/s1. The van der Waals surface area contributed by atoms with E-state index in [1.54, 1.807) is 71.7 Å². The first kappa shape index (κ1) is 15.5. The molecule has 0 saturated heterocycles. The number of aromatic nitrogens is 2. The van der Waals surface area contributed by atoms with Gasteiger partial charge in [-0.3, -0.25) is 4.79 Å². The molecule has 6 nitrogen and oxygen atoms in total. The summed E-state index contributed by atoms with van der Waals surface area (Å²) in [5.41, 5.74) is 1.60. The van der Waals surface area contributed by atoms with Crippen LogP contribution < -0.4 is 5.32 Å². The van der Waals surface area contributed by atoms with E-state index in [1.165, 1.54) is 0 Å². The Balaban J connectivity index is 1.84. The molecule has 0 bridgehead atoms. The molecule has 0 fully saturated rings. The number of rotatable bonds is 5. The Kier molecular flexibility index (Phi) is 4.38. The Morgan fingerprint density at radius 1 is 1.04 bits per heavy atom. The Morgan fingerprint density at radius 2 is 1.83 bits per heavy atom. The van der Waals surface area contributed by atoms with Gasteiger partial charge in [-0.05, 0) is 29.8 Å². The van der Waals surface area contributed by atoms with Crippen molar-refractivity contribution >= 4 is 11.9 Å². The molecule has 0 aliphatic heterocycles. The molecule has 0 aliphatic rings. The van der Waals surface area contributed by atoms with Gasteiger partial charge in [-0.15, -0.1) is 0 Å². The van der Waals surface area contributed by atoms with Crippen molar-refractivity contribution in [3.63, 3.8) is 0 Å². The number of carboxylic acids is 1. The van der Waals surface area contributed by atoms with Crippen molar-refractivity contribution in [2.45, 2.75) is 6.04 Å². The zero-order valence-corrected chi connectivity index (χ0v) is 12.7. The second kappa shape index (κ2) is 6.78. The van der Waals surface area contributed by atoms with Crippen LogP contribution in [-0.4, -0.2) is 26.8 Å². The highest BCUT2D eigenvalue weighted by Gasteiger charge is 2.22. The molecule has 0 spiro atoms. The molecule has 24 heavy (non-hydrogen) atoms. The Labute approximate surface area is 138 Å². The minimum absolute atomic E-state index is 0.366. The van der Waals surface area contributed by atoms with Crippen LogP contribution in [0.5, 0.6) is 0 Å². The summed E-state index contributed by atoms with van der Waals surface area (Å²) in [6, 6.07) is 16.1. The maximum absolute atomic E-state index is 12.5. The molecule has 1 heterocycles. The number of carbonyl (C=O) groups is 2. The largest absolute Gasteiger partial charge is 0.479 e. The van der Waals surface area contributed by atoms with E-state index in [9.17, 15) is 14.7 Å². The van der Waals surface area contributed by atoms with E-state index < -0.39 is 17.9 Å². The number of nitrogens with zero attached hydrogens (tertiary/aromatic N) is 2. The number of aliphatic carboxylic acids is 1. The molecule has 3 rings (SSSR count). The predicted molar refractivity (Wildman–Crippen MR) is 87.8 cm³/mol. The Morgan fingerprint density at radius 3 is 2.50 bits per heavy atom. The lowest BCUT2D eigenvalue weighted by Gasteiger charge is -2.15. The van der Waals surface area contributed by atoms with Crippen molar-refractivity contribution in [2.75, 3.05) is 0 Å². The van der Waals surface area contributed by atoms with Gasteiger partial charge in [-0.25, -0.2) is 9.48 Å². The molecule has 1 aromatic heterocycles. The molecule has 1 amide bonds. The molecule has 6 heteroatoms. The first-order valence-corrected chi connectivity index (χ1v) is 7.34. The van der Waals surface area contributed by atoms with E-state index in [2.05, 4.69) is 10.4 Å². The van der Waals surface area contributed by atoms with Gasteiger partial charge in [-0.2, -0.15) is 5.10 Å². The van der Waals surface area contributed by atoms with Crippen LogP contribution in [0, 0.1) is 0 Å². The number of benzene rings is 2. The van der Waals surface area contributed by atoms with Crippen molar-refractivity contribution in [1.29, 1.82) is 0 Å². The molecule has 0 unspecified atom stereocenters. The number of amides is 1. The maximum atomic E-state index is 12.5. The molecule has 2 aromatic carbocycles. The first-order valence-electron chi connectivity index (χ1n) is 7.34. The molecule has 0 radical (unpaired) electrons. The highest BCUT2D eigenvalue weighted by atomic mass is 16.4. The molecule has 120 valence electrons. The number of carbonyl (C=O) groups excluding carboxylic acids is 1. The summed E-state index contributed by atoms with van der Waals surface area (Å²) in [5, 5.41) is 16.1. The highest BCUT2D eigenvalue weighted by molar-refractivity contribution is 5.97. The molecular formula is C18H15N3O3. The Hall–Kier alpha value is -3.41. The molecule has 1 atom stereocenters. The lowest BCUT2D eigenvalue weighted by Crippen LogP contribution is -2.33. The summed E-state index contributed by atoms with van der Waals surface area (Å²) >= 11 is 0. The van der Waals surface area contributed by atoms with E-state index in [1.807, 2.05) is 6.07 Å². The van der Waals surface area contributed by atoms with Crippen molar-refractivity contribution < 1.29 is 14.7 Å². The van der Waals surface area contributed by atoms with E-state index in [-0.39, 0.29) is 0 Å². The predicted octanol–water partition coefficient (Wildman–Crippen LogP) is 2.43. The van der Waals surface area contributed by atoms with Crippen LogP contribution in [0.15, 0.2) is 73.1 Å². The fraction of sp³-hybridized carbons (Fsp3) is 0.0556. The molecular weight excluding hydrogens is 306 g/mol. The summed E-state index contributed by atoms with van der Waals surface area (Å²) in [5.74, 6) is -1.57. The average Bonchev–Trinajstić information content (AvgIpc) is 3.15. The van der Waals surface area contributed by atoms with Gasteiger partial charge in [0.25, 0.3) is 5.91 Å². The molecule has 0 saturated carbocycles. The third-order valence-electron chi connectivity index (χ3n) is 3.53. The first-order chi connectivity index (χ1) is 11.6. The summed E-state index contributed by atoms with van der Waals surface area (Å²) in [6.45, 7) is 0. The van der Waals surface area contributed by atoms with Crippen LogP contribution in [0.4, 0.5) is 0 Å². The fourth-order valence-corrected chi connectivity index (χ4v) is 2.36. The van der Waals surface area contributed by atoms with Gasteiger partial charge in [0.2, 0.25) is 0 Å². The van der Waals surface area contributed by atoms with Gasteiger partial charge >= 0.3 is 5.97 Å². The third kappa shape index (κ3) is 3.33. The topological polar surface area (TPSA) is 84.2 Å². The van der Waals surface area contributed by atoms with E-state index >= 15 is 0 Å². The fourth-order valence-electron chi connectivity index (χ4n) is 2.36. The third-order valence-corrected chi connectivity index (χ3v) is 3.53. The van der Waals surface area contributed by atoms with Crippen LogP contribution in [-0.2, 0) is 4.79 Å². The van der Waals surface area contributed by atoms with Gasteiger partial charge in [-0.1, -0.05) is 36.4 Å². The average molecular weight is 321 g/mol. The van der Waals surface area contributed by atoms with Gasteiger partial charge in [0, 0.05) is 18.0 Å². The van der Waals surface area contributed by atoms with E-state index in [0.717, 1.165) is 5.69 Å². The normalized spacial score (nSPS) is 11.7. The van der Waals surface area contributed by atoms with Gasteiger partial charge in [0.15, 0.2) is 6.04 Å². The minimum atomic E-state index is -1.11. The molecule has 0 aliphatic carbocycles. The van der Waals surface area contributed by atoms with Crippen molar-refractivity contribution in [3.05, 3.63) is 84.2 Å². The molecule has 3 aromatic rings. The van der Waals surface area contributed by atoms with Crippen molar-refractivity contribution in [1.82, 2.24) is 15.1 Å². The van der Waals surface area contributed by atoms with E-state index in [4.69, 9.17) is 0 Å². The van der Waals surface area contributed by atoms with Crippen LogP contribution in [0.1, 0.15) is 22.0 Å². The SMILES string of the molecule is O=C(N[C@H](C(=O)O)c1ccccc1)c1cccc(-n2cccn2)c1. The van der Waals surface area contributed by atoms with Crippen LogP contribution in [0.25, 0.3) is 5.69 Å². The summed E-state index contributed by atoms with van der Waals surface area (Å²) < 4.78 is 1.63. The number of hydrogen-bond donors (Lipinski definition) is 2. The van der Waals surface area contributed by atoms with E-state index in [0.29, 0.717) is 11.1 Å². The second-order valence-electron chi connectivity index (χ2n) is 5.16. The summed E-state index contributed by atoms with van der Waals surface area (Å²) in [4.78, 5) is 23.9. The lowest BCUT2D eigenvalue weighted by atomic mass is 10.1. The monoisotopic (exact) mass is 321 g/mol. The van der Waals surface area contributed by atoms with Gasteiger partial charge in [0.1, 0.15) is 0 Å². The molecule has 2 N–H and O–H groups in total. The highest BCUT2D eigenvalue weighted by Crippen LogP contribution is 2.15. The zero-order chi connectivity index (χ0) is 16.9. The minimum Gasteiger partial charge on any atom is -0.479 e. The zero-order valence-electron chi connectivity index (χ0n) is 12.7. The van der Waals surface area contributed by atoms with Crippen molar-refractivity contribution in [3.8, 4) is 5.69 Å². The Bertz CT molecular complexity index is 845. The maximum Gasteiger partial charge on any atom is 0.330 e. The van der Waals surface area contributed by atoms with Gasteiger partial charge < -0.3 is 10.4 Å². The number of hydrogen-bond acceptors (Lipinski definition) is 3. The quantitative estimate of drug-likeness (QED) is 0.756. The number of nitrogens with one attached hydrogen (secondary N) is 1. The second-order valence-corrected chi connectivity index (χ2v) is 5.16. The lowest BCUT2D eigenvalue weighted by molar-refractivity contribution is -0.139. The van der Waals surface area contributed by atoms with Crippen molar-refractivity contribution in [2.24, 2.45) is 0 Å². The van der Waals surface area contributed by atoms with Crippen LogP contribution >= 0.6 is 0 Å². The van der Waals surface area contributed by atoms with Gasteiger partial charge in [0.05, 0.1) is 5.69 Å². The summed E-state index contributed by atoms with van der Waals surface area (Å²) in [7, 11) is 0. The number of carboxylic acid groups (broad SMARTS) is 1. The summed E-state index contributed by atoms with van der Waals surface area (Å²) in [6.07, 6.45) is 3.41. The van der Waals surface area contributed by atoms with Crippen LogP contribution in [0.2, 0.25) is 0 Å².